The van der Waals surface area contributed by atoms with Crippen molar-refractivity contribution < 1.29 is 14.2 Å². The molecular formula is C34H39FN6O2. The minimum Gasteiger partial charge on any atom is -0.508 e. The van der Waals surface area contributed by atoms with Gasteiger partial charge in [-0.05, 0) is 86.1 Å². The number of hydrogen-bond donors (Lipinski definition) is 2. The molecule has 8 nitrogen and oxygen atoms in total. The summed E-state index contributed by atoms with van der Waals surface area (Å²) in [6, 6.07) is 15.9. The van der Waals surface area contributed by atoms with Crippen molar-refractivity contribution >= 4 is 27.5 Å². The zero-order valence-corrected chi connectivity index (χ0v) is 24.5. The van der Waals surface area contributed by atoms with Crippen molar-refractivity contribution in [1.29, 1.82) is 0 Å². The fraction of sp³-hybridized carbons (Fsp3) is 0.471. The Hall–Kier alpha value is -3.53. The summed E-state index contributed by atoms with van der Waals surface area (Å²) in [7, 11) is 0. The lowest BCUT2D eigenvalue weighted by Crippen LogP contribution is -2.55. The number of rotatable bonds is 7. The Morgan fingerprint density at radius 2 is 1.72 bits per heavy atom. The largest absolute Gasteiger partial charge is 0.508 e. The maximum Gasteiger partial charge on any atom is 0.319 e. The summed E-state index contributed by atoms with van der Waals surface area (Å²) in [5.41, 5.74) is 7.27. The van der Waals surface area contributed by atoms with Crippen molar-refractivity contribution in [1.82, 2.24) is 19.8 Å². The van der Waals surface area contributed by atoms with Gasteiger partial charge in [-0.15, -0.1) is 0 Å². The van der Waals surface area contributed by atoms with Crippen LogP contribution < -0.4 is 15.4 Å². The van der Waals surface area contributed by atoms with Crippen LogP contribution in [-0.2, 0) is 0 Å². The zero-order chi connectivity index (χ0) is 29.1. The first-order valence-corrected chi connectivity index (χ1v) is 15.8. The molecule has 0 aliphatic carbocycles. The summed E-state index contributed by atoms with van der Waals surface area (Å²) < 4.78 is 23.2. The van der Waals surface area contributed by atoms with E-state index in [1.165, 1.54) is 12.8 Å². The molecule has 2 atom stereocenters. The predicted octanol–water partition coefficient (Wildman–Crippen LogP) is 4.91. The van der Waals surface area contributed by atoms with Crippen molar-refractivity contribution in [2.24, 2.45) is 5.73 Å². The Bertz CT molecular complexity index is 1670. The van der Waals surface area contributed by atoms with E-state index in [9.17, 15) is 5.11 Å². The first-order chi connectivity index (χ1) is 21.0. The van der Waals surface area contributed by atoms with Gasteiger partial charge in [0.15, 0.2) is 5.82 Å². The van der Waals surface area contributed by atoms with E-state index in [0.717, 1.165) is 75.0 Å². The molecule has 3 aromatic carbocycles. The van der Waals surface area contributed by atoms with Crippen LogP contribution in [0.4, 0.5) is 10.2 Å². The van der Waals surface area contributed by atoms with E-state index < -0.39 is 5.82 Å². The number of phenolic OH excluding ortho intramolecular Hbond substituents is 1. The van der Waals surface area contributed by atoms with Gasteiger partial charge < -0.3 is 20.5 Å². The Morgan fingerprint density at radius 1 is 0.953 bits per heavy atom. The number of nitrogens with two attached hydrogens (primary N) is 1. The number of ether oxygens (including phenoxy) is 1. The van der Waals surface area contributed by atoms with E-state index >= 15 is 4.39 Å². The molecule has 8 rings (SSSR count). The highest BCUT2D eigenvalue weighted by Crippen LogP contribution is 2.42. The van der Waals surface area contributed by atoms with Gasteiger partial charge >= 0.3 is 6.01 Å². The molecule has 0 spiro atoms. The lowest BCUT2D eigenvalue weighted by atomic mass is 9.95. The predicted molar refractivity (Wildman–Crippen MR) is 167 cm³/mol. The van der Waals surface area contributed by atoms with Crippen LogP contribution in [0.5, 0.6) is 11.8 Å². The molecule has 224 valence electrons. The molecular weight excluding hydrogens is 543 g/mol. The molecule has 9 heteroatoms. The van der Waals surface area contributed by atoms with Crippen LogP contribution in [0.25, 0.3) is 32.8 Å². The monoisotopic (exact) mass is 582 g/mol. The van der Waals surface area contributed by atoms with Crippen LogP contribution in [0.15, 0.2) is 48.5 Å². The van der Waals surface area contributed by atoms with Gasteiger partial charge in [0.25, 0.3) is 0 Å². The summed E-state index contributed by atoms with van der Waals surface area (Å²) >= 11 is 0. The molecule has 1 aromatic heterocycles. The highest BCUT2D eigenvalue weighted by Gasteiger charge is 2.45. The standard InChI is InChI=1S/C34H39FN6O2/c35-30-27(29-18-25(42)17-22-5-1-2-6-26(22)29)9-10-28-31(30)37-33(43-21-34-11-3-14-40(34)15-4-12-34)38-32(28)39-19-23-7-8-24(20-39)41(23)16-13-36/h1-2,5-6,9-10,17-18,23-24,42H,3-4,7-8,11-16,19-21,36H2. The molecule has 2 bridgehead atoms. The van der Waals surface area contributed by atoms with E-state index in [1.54, 1.807) is 18.2 Å². The van der Waals surface area contributed by atoms with E-state index in [4.69, 9.17) is 20.4 Å². The second-order valence-corrected chi connectivity index (χ2v) is 12.9. The number of anilines is 1. The molecule has 0 amide bonds. The lowest BCUT2D eigenvalue weighted by Gasteiger charge is -2.41. The van der Waals surface area contributed by atoms with E-state index in [-0.39, 0.29) is 22.8 Å². The Morgan fingerprint density at radius 3 is 2.49 bits per heavy atom. The smallest absolute Gasteiger partial charge is 0.319 e. The molecule has 43 heavy (non-hydrogen) atoms. The van der Waals surface area contributed by atoms with Gasteiger partial charge in [-0.3, -0.25) is 9.80 Å². The van der Waals surface area contributed by atoms with Gasteiger partial charge in [-0.25, -0.2) is 4.39 Å². The number of piperazine rings is 1. The quantitative estimate of drug-likeness (QED) is 0.318. The number of nitrogens with zero attached hydrogens (tertiary/aromatic N) is 5. The highest BCUT2D eigenvalue weighted by atomic mass is 19.1. The van der Waals surface area contributed by atoms with Crippen LogP contribution >= 0.6 is 0 Å². The van der Waals surface area contributed by atoms with Crippen molar-refractivity contribution in [3.63, 3.8) is 0 Å². The van der Waals surface area contributed by atoms with Crippen LogP contribution in [0.2, 0.25) is 0 Å². The second-order valence-electron chi connectivity index (χ2n) is 12.9. The first kappa shape index (κ1) is 27.0. The first-order valence-electron chi connectivity index (χ1n) is 15.8. The maximum absolute atomic E-state index is 16.7. The molecule has 4 aliphatic rings. The fourth-order valence-corrected chi connectivity index (χ4v) is 8.49. The molecule has 2 unspecified atom stereocenters. The Labute approximate surface area is 251 Å². The van der Waals surface area contributed by atoms with Gasteiger partial charge in [-0.1, -0.05) is 30.3 Å². The van der Waals surface area contributed by atoms with Gasteiger partial charge in [0.1, 0.15) is 23.7 Å². The third-order valence-corrected chi connectivity index (χ3v) is 10.5. The maximum atomic E-state index is 16.7. The lowest BCUT2D eigenvalue weighted by molar-refractivity contribution is 0.107. The third kappa shape index (κ3) is 4.51. The summed E-state index contributed by atoms with van der Waals surface area (Å²) in [6.07, 6.45) is 6.85. The van der Waals surface area contributed by atoms with E-state index in [2.05, 4.69) is 14.7 Å². The van der Waals surface area contributed by atoms with Gasteiger partial charge in [-0.2, -0.15) is 9.97 Å². The molecule has 4 aliphatic heterocycles. The topological polar surface area (TPSA) is 91.0 Å². The number of hydrogen-bond acceptors (Lipinski definition) is 8. The molecule has 4 saturated heterocycles. The van der Waals surface area contributed by atoms with E-state index in [1.807, 2.05) is 30.3 Å². The number of benzene rings is 3. The molecule has 4 aromatic rings. The number of halogens is 1. The van der Waals surface area contributed by atoms with Crippen molar-refractivity contribution in [3.8, 4) is 22.9 Å². The highest BCUT2D eigenvalue weighted by molar-refractivity contribution is 6.01. The van der Waals surface area contributed by atoms with Gasteiger partial charge in [0.2, 0.25) is 0 Å². The minimum absolute atomic E-state index is 0.0340. The molecule has 0 saturated carbocycles. The Kier molecular flexibility index (Phi) is 6.65. The second kappa shape index (κ2) is 10.6. The fourth-order valence-electron chi connectivity index (χ4n) is 8.49. The minimum atomic E-state index is -0.423. The molecule has 4 fully saturated rings. The van der Waals surface area contributed by atoms with Crippen molar-refractivity contribution in [2.45, 2.75) is 56.1 Å². The summed E-state index contributed by atoms with van der Waals surface area (Å²) in [6.45, 7) is 5.93. The van der Waals surface area contributed by atoms with Crippen molar-refractivity contribution in [2.75, 3.05) is 50.8 Å². The summed E-state index contributed by atoms with van der Waals surface area (Å²) in [5.74, 6) is 0.416. The van der Waals surface area contributed by atoms with Gasteiger partial charge in [0.05, 0.1) is 5.54 Å². The molecule has 0 radical (unpaired) electrons. The number of aromatic nitrogens is 2. The zero-order valence-electron chi connectivity index (χ0n) is 24.5. The Balaban J connectivity index is 1.23. The SMILES string of the molecule is NCCN1C2CCC1CN(c1nc(OCC34CCCN3CCC4)nc3c(F)c(-c4cc(O)cc5ccccc45)ccc13)C2. The van der Waals surface area contributed by atoms with Crippen molar-refractivity contribution in [3.05, 3.63) is 54.3 Å². The summed E-state index contributed by atoms with van der Waals surface area (Å²) in [4.78, 5) is 17.1. The number of fused-ring (bicyclic) bond motifs is 5. The van der Waals surface area contributed by atoms with Crippen LogP contribution in [0.1, 0.15) is 38.5 Å². The normalized spacial score (nSPS) is 23.4. The van der Waals surface area contributed by atoms with Crippen LogP contribution in [-0.4, -0.2) is 88.4 Å². The number of phenols is 1. The average molecular weight is 583 g/mol. The van der Waals surface area contributed by atoms with Crippen LogP contribution in [0, 0.1) is 5.82 Å². The van der Waals surface area contributed by atoms with Gasteiger partial charge in [0, 0.05) is 49.2 Å². The van der Waals surface area contributed by atoms with Crippen LogP contribution in [0.3, 0.4) is 0 Å². The molecule has 5 heterocycles. The number of aromatic hydroxyl groups is 1. The average Bonchev–Trinajstić information content (AvgIpc) is 3.66. The summed E-state index contributed by atoms with van der Waals surface area (Å²) in [5, 5.41) is 12.9. The third-order valence-electron chi connectivity index (χ3n) is 10.5. The van der Waals surface area contributed by atoms with E-state index in [0.29, 0.717) is 41.7 Å². The molecule has 3 N–H and O–H groups in total.